The van der Waals surface area contributed by atoms with Gasteiger partial charge in [-0.05, 0) is 6.92 Å². The summed E-state index contributed by atoms with van der Waals surface area (Å²) in [5, 5.41) is 0. The second kappa shape index (κ2) is 3.45. The Morgan fingerprint density at radius 1 is 1.47 bits per heavy atom. The predicted molar refractivity (Wildman–Crippen MR) is 48.4 cm³/mol. The minimum Gasteiger partial charge on any atom is -0.440 e. The Labute approximate surface area is 84.6 Å². The molecule has 0 amide bonds. The summed E-state index contributed by atoms with van der Waals surface area (Å²) in [6.07, 6.45) is 0.452. The Kier molecular flexibility index (Phi) is 2.26. The van der Waals surface area contributed by atoms with Gasteiger partial charge in [0.05, 0.1) is 12.5 Å². The van der Waals surface area contributed by atoms with Crippen molar-refractivity contribution >= 4 is 0 Å². The molecule has 0 fully saturated rings. The first-order valence-electron chi connectivity index (χ1n) is 4.31. The molecule has 80 valence electrons. The highest BCUT2D eigenvalue weighted by Gasteiger charge is 2.20. The third kappa shape index (κ3) is 1.62. The highest BCUT2D eigenvalue weighted by molar-refractivity contribution is 5.47. The summed E-state index contributed by atoms with van der Waals surface area (Å²) in [6, 6.07) is 0. The van der Waals surface area contributed by atoms with Crippen LogP contribution in [0.2, 0.25) is 0 Å². The molecule has 0 N–H and O–H groups in total. The molecular formula is C9H9F2N3O. The summed E-state index contributed by atoms with van der Waals surface area (Å²) in [5.74, 6) is 0.309. The molecule has 0 spiro atoms. The number of aryl methyl sites for hydroxylation is 2. The monoisotopic (exact) mass is 213 g/mol. The molecule has 2 rings (SSSR count). The molecule has 0 saturated carbocycles. The summed E-state index contributed by atoms with van der Waals surface area (Å²) < 4.78 is 31.7. The van der Waals surface area contributed by atoms with Crippen LogP contribution >= 0.6 is 0 Å². The van der Waals surface area contributed by atoms with Crippen molar-refractivity contribution in [1.82, 2.24) is 14.5 Å². The van der Waals surface area contributed by atoms with E-state index < -0.39 is 6.43 Å². The molecule has 15 heavy (non-hydrogen) atoms. The molecule has 0 aliphatic carbocycles. The van der Waals surface area contributed by atoms with Crippen molar-refractivity contribution in [2.75, 3.05) is 0 Å². The van der Waals surface area contributed by atoms with E-state index in [1.165, 1.54) is 13.1 Å². The fraction of sp³-hybridized carbons (Fsp3) is 0.333. The van der Waals surface area contributed by atoms with E-state index in [-0.39, 0.29) is 17.3 Å². The number of oxazole rings is 1. The molecule has 2 heterocycles. The fourth-order valence-electron chi connectivity index (χ4n) is 1.28. The minimum absolute atomic E-state index is 0.140. The molecule has 4 nitrogen and oxygen atoms in total. The summed E-state index contributed by atoms with van der Waals surface area (Å²) in [4.78, 5) is 7.59. The van der Waals surface area contributed by atoms with Gasteiger partial charge in [-0.15, -0.1) is 0 Å². The zero-order valence-corrected chi connectivity index (χ0v) is 8.24. The maximum absolute atomic E-state index is 12.4. The lowest BCUT2D eigenvalue weighted by Crippen LogP contribution is -1.90. The third-order valence-corrected chi connectivity index (χ3v) is 2.07. The number of rotatable bonds is 2. The molecule has 0 bridgehead atoms. The largest absolute Gasteiger partial charge is 0.440 e. The molecule has 0 aliphatic heterocycles. The van der Waals surface area contributed by atoms with Gasteiger partial charge in [0.1, 0.15) is 17.1 Å². The van der Waals surface area contributed by atoms with Crippen molar-refractivity contribution < 1.29 is 13.2 Å². The average molecular weight is 213 g/mol. The number of nitrogens with zero attached hydrogens (tertiary/aromatic N) is 3. The molecule has 6 heteroatoms. The van der Waals surface area contributed by atoms with E-state index in [0.717, 1.165) is 0 Å². The molecule has 2 aromatic heterocycles. The van der Waals surface area contributed by atoms with Crippen LogP contribution in [0.15, 0.2) is 16.9 Å². The molecule has 0 unspecified atom stereocenters. The van der Waals surface area contributed by atoms with Crippen molar-refractivity contribution in [2.24, 2.45) is 7.05 Å². The summed E-state index contributed by atoms with van der Waals surface area (Å²) in [7, 11) is 1.74. The van der Waals surface area contributed by atoms with Gasteiger partial charge in [0.2, 0.25) is 5.89 Å². The van der Waals surface area contributed by atoms with Gasteiger partial charge in [-0.3, -0.25) is 0 Å². The van der Waals surface area contributed by atoms with Gasteiger partial charge in [0.15, 0.2) is 0 Å². The van der Waals surface area contributed by atoms with Crippen LogP contribution in [-0.2, 0) is 7.05 Å². The number of halogens is 2. The summed E-state index contributed by atoms with van der Waals surface area (Å²) in [6.45, 7) is 1.47. The Morgan fingerprint density at radius 3 is 2.67 bits per heavy atom. The lowest BCUT2D eigenvalue weighted by atomic mass is 10.4. The lowest BCUT2D eigenvalue weighted by molar-refractivity contribution is 0.145. The first kappa shape index (κ1) is 9.82. The van der Waals surface area contributed by atoms with E-state index in [1.54, 1.807) is 17.9 Å². The second-order valence-corrected chi connectivity index (χ2v) is 3.15. The Balaban J connectivity index is 2.47. The fourth-order valence-corrected chi connectivity index (χ4v) is 1.28. The topological polar surface area (TPSA) is 43.9 Å². The summed E-state index contributed by atoms with van der Waals surface area (Å²) >= 11 is 0. The summed E-state index contributed by atoms with van der Waals surface area (Å²) in [5.41, 5.74) is 0.260. The molecule has 0 atom stereocenters. The standard InChI is InChI=1S/C9H9F2N3O/c1-5-7(8(10)11)13-9(15-5)6-3-12-4-14(6)2/h3-4,8H,1-2H3. The van der Waals surface area contributed by atoms with Crippen molar-refractivity contribution in [2.45, 2.75) is 13.3 Å². The highest BCUT2D eigenvalue weighted by Crippen LogP contribution is 2.26. The minimum atomic E-state index is -2.62. The number of hydrogen-bond acceptors (Lipinski definition) is 3. The third-order valence-electron chi connectivity index (χ3n) is 2.07. The van der Waals surface area contributed by atoms with Gasteiger partial charge < -0.3 is 8.98 Å². The Hall–Kier alpha value is -1.72. The quantitative estimate of drug-likeness (QED) is 0.768. The maximum atomic E-state index is 12.4. The second-order valence-electron chi connectivity index (χ2n) is 3.15. The van der Waals surface area contributed by atoms with Crippen LogP contribution in [0, 0.1) is 6.92 Å². The molecule has 0 aromatic carbocycles. The van der Waals surface area contributed by atoms with Crippen LogP contribution in [0.5, 0.6) is 0 Å². The van der Waals surface area contributed by atoms with Crippen LogP contribution in [-0.4, -0.2) is 14.5 Å². The average Bonchev–Trinajstić information content (AvgIpc) is 2.71. The van der Waals surface area contributed by atoms with Crippen molar-refractivity contribution in [3.05, 3.63) is 24.0 Å². The zero-order chi connectivity index (χ0) is 11.0. The van der Waals surface area contributed by atoms with Gasteiger partial charge in [-0.2, -0.15) is 0 Å². The number of alkyl halides is 2. The first-order chi connectivity index (χ1) is 7.09. The van der Waals surface area contributed by atoms with Crippen molar-refractivity contribution in [3.8, 4) is 11.6 Å². The van der Waals surface area contributed by atoms with Gasteiger partial charge in [-0.25, -0.2) is 18.7 Å². The number of aromatic nitrogens is 3. The Morgan fingerprint density at radius 2 is 2.20 bits per heavy atom. The van der Waals surface area contributed by atoms with Crippen LogP contribution in [0.4, 0.5) is 8.78 Å². The van der Waals surface area contributed by atoms with E-state index >= 15 is 0 Å². The van der Waals surface area contributed by atoms with E-state index in [0.29, 0.717) is 5.69 Å². The number of hydrogen-bond donors (Lipinski definition) is 0. The first-order valence-corrected chi connectivity index (χ1v) is 4.31. The molecule has 0 saturated heterocycles. The molecule has 0 radical (unpaired) electrons. The van der Waals surface area contributed by atoms with Crippen molar-refractivity contribution in [3.63, 3.8) is 0 Å². The highest BCUT2D eigenvalue weighted by atomic mass is 19.3. The van der Waals surface area contributed by atoms with Gasteiger partial charge in [0, 0.05) is 7.05 Å². The van der Waals surface area contributed by atoms with Crippen LogP contribution < -0.4 is 0 Å². The molecule has 2 aromatic rings. The van der Waals surface area contributed by atoms with E-state index in [9.17, 15) is 8.78 Å². The van der Waals surface area contributed by atoms with E-state index in [1.807, 2.05) is 0 Å². The van der Waals surface area contributed by atoms with Crippen molar-refractivity contribution in [1.29, 1.82) is 0 Å². The zero-order valence-electron chi connectivity index (χ0n) is 8.24. The number of imidazole rings is 1. The van der Waals surface area contributed by atoms with Crippen LogP contribution in [0.25, 0.3) is 11.6 Å². The van der Waals surface area contributed by atoms with Gasteiger partial charge >= 0.3 is 0 Å². The SMILES string of the molecule is Cc1oc(-c2cncn2C)nc1C(F)F. The maximum Gasteiger partial charge on any atom is 0.283 e. The smallest absolute Gasteiger partial charge is 0.283 e. The van der Waals surface area contributed by atoms with Gasteiger partial charge in [0.25, 0.3) is 6.43 Å². The van der Waals surface area contributed by atoms with Crippen LogP contribution in [0.1, 0.15) is 17.9 Å². The Bertz CT molecular complexity index is 475. The van der Waals surface area contributed by atoms with Crippen LogP contribution in [0.3, 0.4) is 0 Å². The molecular weight excluding hydrogens is 204 g/mol. The van der Waals surface area contributed by atoms with E-state index in [4.69, 9.17) is 4.42 Å². The van der Waals surface area contributed by atoms with E-state index in [2.05, 4.69) is 9.97 Å². The molecule has 0 aliphatic rings. The lowest BCUT2D eigenvalue weighted by Gasteiger charge is -1.94. The normalized spacial score (nSPS) is 11.3. The predicted octanol–water partition coefficient (Wildman–Crippen LogP) is 2.32. The van der Waals surface area contributed by atoms with Gasteiger partial charge in [-0.1, -0.05) is 0 Å².